The van der Waals surface area contributed by atoms with Gasteiger partial charge in [0.15, 0.2) is 0 Å². The third-order valence-corrected chi connectivity index (χ3v) is 3.15. The average molecular weight is 300 g/mol. The number of ether oxygens (including phenoxy) is 2. The maximum Gasteiger partial charge on any atom is 0.309 e. The minimum atomic E-state index is -0.784. The monoisotopic (exact) mass is 300 g/mol. The molecule has 124 valence electrons. The van der Waals surface area contributed by atoms with Crippen molar-refractivity contribution >= 4 is 11.9 Å². The fourth-order valence-electron chi connectivity index (χ4n) is 2.06. The van der Waals surface area contributed by atoms with Crippen LogP contribution < -0.4 is 0 Å². The number of unbranched alkanes of at least 4 members (excludes halogenated alkanes) is 6. The van der Waals surface area contributed by atoms with E-state index in [9.17, 15) is 9.59 Å². The Morgan fingerprint density at radius 3 is 1.90 bits per heavy atom. The van der Waals surface area contributed by atoms with Crippen molar-refractivity contribution in [3.05, 3.63) is 0 Å². The van der Waals surface area contributed by atoms with Gasteiger partial charge in [-0.15, -0.1) is 0 Å². The molecular weight excluding hydrogens is 268 g/mol. The van der Waals surface area contributed by atoms with Crippen molar-refractivity contribution in [2.45, 2.75) is 91.8 Å². The van der Waals surface area contributed by atoms with E-state index in [2.05, 4.69) is 6.92 Å². The van der Waals surface area contributed by atoms with Crippen molar-refractivity contribution in [3.63, 3.8) is 0 Å². The highest BCUT2D eigenvalue weighted by atomic mass is 16.7. The lowest BCUT2D eigenvalue weighted by Gasteiger charge is -2.14. The molecule has 0 spiro atoms. The fraction of sp³-hybridized carbons (Fsp3) is 0.882. The molecule has 4 heteroatoms. The molecule has 0 rings (SSSR count). The zero-order valence-corrected chi connectivity index (χ0v) is 14.2. The summed E-state index contributed by atoms with van der Waals surface area (Å²) in [5.74, 6) is -0.359. The second kappa shape index (κ2) is 12.7. The van der Waals surface area contributed by atoms with Gasteiger partial charge in [-0.25, -0.2) is 0 Å². The highest BCUT2D eigenvalue weighted by molar-refractivity contribution is 5.71. The van der Waals surface area contributed by atoms with Gasteiger partial charge >= 0.3 is 11.9 Å². The first-order chi connectivity index (χ1) is 9.95. The van der Waals surface area contributed by atoms with Gasteiger partial charge in [0.05, 0.1) is 0 Å². The molecule has 0 aromatic rings. The highest BCUT2D eigenvalue weighted by Crippen LogP contribution is 2.10. The molecule has 0 aromatic carbocycles. The van der Waals surface area contributed by atoms with Gasteiger partial charge in [-0.2, -0.15) is 0 Å². The molecule has 0 saturated carbocycles. The van der Waals surface area contributed by atoms with E-state index in [0.29, 0.717) is 12.8 Å². The van der Waals surface area contributed by atoms with Gasteiger partial charge in [0.2, 0.25) is 6.29 Å². The van der Waals surface area contributed by atoms with Gasteiger partial charge in [0.25, 0.3) is 0 Å². The molecule has 0 saturated heterocycles. The zero-order valence-electron chi connectivity index (χ0n) is 14.2. The number of hydrogen-bond acceptors (Lipinski definition) is 4. The third kappa shape index (κ3) is 13.7. The van der Waals surface area contributed by atoms with E-state index in [1.54, 1.807) is 6.92 Å². The summed E-state index contributed by atoms with van der Waals surface area (Å²) < 4.78 is 10.1. The molecule has 21 heavy (non-hydrogen) atoms. The molecule has 0 aliphatic heterocycles. The summed E-state index contributed by atoms with van der Waals surface area (Å²) in [7, 11) is 0. The maximum atomic E-state index is 11.6. The summed E-state index contributed by atoms with van der Waals surface area (Å²) in [5, 5.41) is 0. The van der Waals surface area contributed by atoms with Crippen LogP contribution in [0.4, 0.5) is 0 Å². The lowest BCUT2D eigenvalue weighted by Crippen LogP contribution is -2.22. The molecule has 0 bridgehead atoms. The first kappa shape index (κ1) is 19.9. The Balaban J connectivity index is 3.58. The van der Waals surface area contributed by atoms with Gasteiger partial charge in [0.1, 0.15) is 0 Å². The van der Waals surface area contributed by atoms with Crippen LogP contribution >= 0.6 is 0 Å². The molecule has 0 fully saturated rings. The van der Waals surface area contributed by atoms with E-state index in [4.69, 9.17) is 9.47 Å². The number of hydrogen-bond donors (Lipinski definition) is 0. The number of esters is 2. The molecule has 0 aliphatic carbocycles. The predicted molar refractivity (Wildman–Crippen MR) is 83.7 cm³/mol. The molecule has 0 heterocycles. The highest BCUT2D eigenvalue weighted by Gasteiger charge is 2.14. The lowest BCUT2D eigenvalue weighted by atomic mass is 10.1. The second-order valence-corrected chi connectivity index (χ2v) is 6.02. The fourth-order valence-corrected chi connectivity index (χ4v) is 2.06. The Morgan fingerprint density at radius 1 is 0.810 bits per heavy atom. The quantitative estimate of drug-likeness (QED) is 0.300. The van der Waals surface area contributed by atoms with Gasteiger partial charge in [-0.05, 0) is 12.3 Å². The lowest BCUT2D eigenvalue weighted by molar-refractivity contribution is -0.185. The zero-order chi connectivity index (χ0) is 16.1. The van der Waals surface area contributed by atoms with Crippen LogP contribution in [0.1, 0.15) is 85.5 Å². The number of rotatable bonds is 12. The molecule has 1 unspecified atom stereocenters. The maximum absolute atomic E-state index is 11.6. The molecule has 0 aliphatic rings. The van der Waals surface area contributed by atoms with E-state index in [0.717, 1.165) is 12.8 Å². The Morgan fingerprint density at radius 2 is 1.33 bits per heavy atom. The Bertz CT molecular complexity index is 287. The summed E-state index contributed by atoms with van der Waals surface area (Å²) in [4.78, 5) is 23.0. The first-order valence-corrected chi connectivity index (χ1v) is 8.34. The smallest absolute Gasteiger partial charge is 0.309 e. The molecule has 0 N–H and O–H groups in total. The van der Waals surface area contributed by atoms with Crippen LogP contribution in [0.5, 0.6) is 0 Å². The van der Waals surface area contributed by atoms with Crippen molar-refractivity contribution in [2.75, 3.05) is 0 Å². The molecular formula is C17H32O4. The second-order valence-electron chi connectivity index (χ2n) is 6.02. The minimum absolute atomic E-state index is 0.244. The minimum Gasteiger partial charge on any atom is -0.425 e. The molecule has 0 aromatic heterocycles. The van der Waals surface area contributed by atoms with Crippen LogP contribution in [0.2, 0.25) is 0 Å². The first-order valence-electron chi connectivity index (χ1n) is 8.34. The summed E-state index contributed by atoms with van der Waals surface area (Å²) in [6.45, 7) is 7.67. The summed E-state index contributed by atoms with van der Waals surface area (Å²) in [6, 6.07) is 0. The van der Waals surface area contributed by atoms with Crippen LogP contribution in [0.3, 0.4) is 0 Å². The van der Waals surface area contributed by atoms with Crippen LogP contribution in [-0.2, 0) is 19.1 Å². The van der Waals surface area contributed by atoms with Crippen molar-refractivity contribution in [3.8, 4) is 0 Å². The van der Waals surface area contributed by atoms with Crippen molar-refractivity contribution in [2.24, 2.45) is 5.92 Å². The van der Waals surface area contributed by atoms with Gasteiger partial charge < -0.3 is 9.47 Å². The largest absolute Gasteiger partial charge is 0.425 e. The molecule has 0 radical (unpaired) electrons. The van der Waals surface area contributed by atoms with Crippen LogP contribution in [0.25, 0.3) is 0 Å². The Kier molecular flexibility index (Phi) is 12.0. The number of carbonyl (C=O) groups excluding carboxylic acids is 2. The van der Waals surface area contributed by atoms with E-state index in [-0.39, 0.29) is 17.9 Å². The van der Waals surface area contributed by atoms with Crippen LogP contribution in [0.15, 0.2) is 0 Å². The normalized spacial score (nSPS) is 12.2. The molecule has 1 atom stereocenters. The third-order valence-electron chi connectivity index (χ3n) is 3.15. The summed E-state index contributed by atoms with van der Waals surface area (Å²) in [5.41, 5.74) is 0. The summed E-state index contributed by atoms with van der Waals surface area (Å²) >= 11 is 0. The van der Waals surface area contributed by atoms with E-state index in [1.165, 1.54) is 32.1 Å². The molecule has 4 nitrogen and oxygen atoms in total. The van der Waals surface area contributed by atoms with E-state index >= 15 is 0 Å². The topological polar surface area (TPSA) is 52.6 Å². The van der Waals surface area contributed by atoms with Gasteiger partial charge in [-0.1, -0.05) is 59.3 Å². The van der Waals surface area contributed by atoms with Crippen molar-refractivity contribution in [1.29, 1.82) is 0 Å². The van der Waals surface area contributed by atoms with Crippen molar-refractivity contribution in [1.82, 2.24) is 0 Å². The number of carbonyl (C=O) groups is 2. The van der Waals surface area contributed by atoms with Gasteiger partial charge in [-0.3, -0.25) is 9.59 Å². The molecule has 0 amide bonds. The van der Waals surface area contributed by atoms with Crippen LogP contribution in [-0.4, -0.2) is 18.2 Å². The van der Waals surface area contributed by atoms with Gasteiger partial charge in [0, 0.05) is 19.8 Å². The van der Waals surface area contributed by atoms with E-state index < -0.39 is 6.29 Å². The predicted octanol–water partition coefficient (Wildman–Crippen LogP) is 4.61. The van der Waals surface area contributed by atoms with Crippen LogP contribution in [0, 0.1) is 5.92 Å². The Labute approximate surface area is 129 Å². The average Bonchev–Trinajstić information content (AvgIpc) is 2.36. The standard InChI is InChI=1S/C17H32O4/c1-5-6-7-8-9-10-11-12-16(18)20-15(4)21-17(19)13-14(2)3/h14-15H,5-13H2,1-4H3. The summed E-state index contributed by atoms with van der Waals surface area (Å²) in [6.07, 6.45) is 8.11. The SMILES string of the molecule is CCCCCCCCCC(=O)OC(C)OC(=O)CC(C)C. The Hall–Kier alpha value is -1.06. The van der Waals surface area contributed by atoms with Crippen molar-refractivity contribution < 1.29 is 19.1 Å². The van der Waals surface area contributed by atoms with E-state index in [1.807, 2.05) is 13.8 Å².